The summed E-state index contributed by atoms with van der Waals surface area (Å²) in [4.78, 5) is 11.2. The third-order valence-corrected chi connectivity index (χ3v) is 4.12. The van der Waals surface area contributed by atoms with E-state index in [2.05, 4.69) is 44.6 Å². The van der Waals surface area contributed by atoms with Crippen molar-refractivity contribution < 1.29 is 0 Å². The minimum Gasteiger partial charge on any atom is -0.370 e. The lowest BCUT2D eigenvalue weighted by molar-refractivity contribution is 0.486. The van der Waals surface area contributed by atoms with E-state index in [0.29, 0.717) is 12.0 Å². The highest BCUT2D eigenvalue weighted by atomic mass is 127. The van der Waals surface area contributed by atoms with E-state index < -0.39 is 0 Å². The normalized spacial score (nSPS) is 14.9. The minimum atomic E-state index is 0. The van der Waals surface area contributed by atoms with Gasteiger partial charge in [-0.2, -0.15) is 0 Å². The maximum Gasteiger partial charge on any atom is 0.191 e. The van der Waals surface area contributed by atoms with Crippen molar-refractivity contribution in [1.82, 2.24) is 14.5 Å². The molecule has 0 atom stereocenters. The largest absolute Gasteiger partial charge is 0.370 e. The number of aryl methyl sites for hydroxylation is 2. The zero-order chi connectivity index (χ0) is 14.8. The molecule has 1 aromatic heterocycles. The van der Waals surface area contributed by atoms with E-state index >= 15 is 0 Å². The second-order valence-corrected chi connectivity index (χ2v) is 5.73. The maximum absolute atomic E-state index is 5.99. The van der Waals surface area contributed by atoms with Gasteiger partial charge in [0, 0.05) is 26.2 Å². The SMILES string of the molecule is Cc1nc2ccccc2n1CCCN=C(N)N(C)C1CC1.I. The third-order valence-electron chi connectivity index (χ3n) is 4.12. The van der Waals surface area contributed by atoms with Crippen molar-refractivity contribution in [3.63, 3.8) is 0 Å². The molecule has 6 heteroatoms. The molecule has 1 fully saturated rings. The Balaban J connectivity index is 0.00000176. The fourth-order valence-electron chi connectivity index (χ4n) is 2.66. The molecule has 1 aliphatic carbocycles. The predicted molar refractivity (Wildman–Crippen MR) is 102 cm³/mol. The Morgan fingerprint density at radius 3 is 2.86 bits per heavy atom. The summed E-state index contributed by atoms with van der Waals surface area (Å²) in [5.41, 5.74) is 8.25. The van der Waals surface area contributed by atoms with Crippen LogP contribution in [0.25, 0.3) is 11.0 Å². The predicted octanol–water partition coefficient (Wildman–Crippen LogP) is 2.76. The summed E-state index contributed by atoms with van der Waals surface area (Å²) < 4.78 is 2.26. The third kappa shape index (κ3) is 3.71. The van der Waals surface area contributed by atoms with Crippen molar-refractivity contribution in [2.75, 3.05) is 13.6 Å². The summed E-state index contributed by atoms with van der Waals surface area (Å²) in [5.74, 6) is 1.73. The number of hydrogen-bond donors (Lipinski definition) is 1. The smallest absolute Gasteiger partial charge is 0.191 e. The highest BCUT2D eigenvalue weighted by molar-refractivity contribution is 14.0. The first-order valence-electron chi connectivity index (χ1n) is 7.61. The van der Waals surface area contributed by atoms with Crippen LogP contribution in [0, 0.1) is 6.92 Å². The van der Waals surface area contributed by atoms with Gasteiger partial charge in [-0.25, -0.2) is 4.98 Å². The molecular weight excluding hydrogens is 389 g/mol. The highest BCUT2D eigenvalue weighted by Gasteiger charge is 2.27. The number of halogens is 1. The first-order chi connectivity index (χ1) is 10.2. The number of aromatic nitrogens is 2. The molecule has 22 heavy (non-hydrogen) atoms. The Kier molecular flexibility index (Phi) is 5.66. The van der Waals surface area contributed by atoms with Gasteiger partial charge >= 0.3 is 0 Å². The van der Waals surface area contributed by atoms with Crippen LogP contribution in [0.3, 0.4) is 0 Å². The molecule has 1 heterocycles. The monoisotopic (exact) mass is 413 g/mol. The number of nitrogens with two attached hydrogens (primary N) is 1. The Bertz CT molecular complexity index is 660. The first kappa shape index (κ1) is 17.1. The van der Waals surface area contributed by atoms with Crippen LogP contribution in [0.5, 0.6) is 0 Å². The van der Waals surface area contributed by atoms with E-state index in [1.165, 1.54) is 18.4 Å². The zero-order valence-electron chi connectivity index (χ0n) is 13.2. The van der Waals surface area contributed by atoms with Gasteiger partial charge in [-0.1, -0.05) is 12.1 Å². The number of fused-ring (bicyclic) bond motifs is 1. The van der Waals surface area contributed by atoms with Crippen LogP contribution in [0.4, 0.5) is 0 Å². The van der Waals surface area contributed by atoms with Crippen molar-refractivity contribution >= 4 is 41.0 Å². The Morgan fingerprint density at radius 1 is 1.41 bits per heavy atom. The van der Waals surface area contributed by atoms with Crippen LogP contribution >= 0.6 is 24.0 Å². The van der Waals surface area contributed by atoms with Gasteiger partial charge in [0.1, 0.15) is 5.82 Å². The molecule has 3 rings (SSSR count). The van der Waals surface area contributed by atoms with Gasteiger partial charge in [0.15, 0.2) is 5.96 Å². The van der Waals surface area contributed by atoms with Gasteiger partial charge in [-0.3, -0.25) is 4.99 Å². The molecule has 2 aromatic rings. The zero-order valence-corrected chi connectivity index (χ0v) is 15.5. The topological polar surface area (TPSA) is 59.4 Å². The van der Waals surface area contributed by atoms with Gasteiger partial charge in [-0.15, -0.1) is 24.0 Å². The molecular formula is C16H24IN5. The van der Waals surface area contributed by atoms with Crippen LogP contribution in [-0.2, 0) is 6.54 Å². The summed E-state index contributed by atoms with van der Waals surface area (Å²) in [6, 6.07) is 8.87. The fraction of sp³-hybridized carbons (Fsp3) is 0.500. The lowest BCUT2D eigenvalue weighted by Crippen LogP contribution is -2.35. The van der Waals surface area contributed by atoms with Crippen LogP contribution in [0.1, 0.15) is 25.1 Å². The van der Waals surface area contributed by atoms with Gasteiger partial charge in [-0.05, 0) is 38.3 Å². The standard InChI is InChI=1S/C16H23N5.HI/c1-12-19-14-6-3-4-7-15(14)21(12)11-5-10-18-16(17)20(2)13-8-9-13;/h3-4,6-7,13H,5,8-11H2,1-2H3,(H2,17,18);1H. The quantitative estimate of drug-likeness (QED) is 0.355. The molecule has 120 valence electrons. The summed E-state index contributed by atoms with van der Waals surface area (Å²) >= 11 is 0. The summed E-state index contributed by atoms with van der Waals surface area (Å²) in [5, 5.41) is 0. The molecule has 0 spiro atoms. The van der Waals surface area contributed by atoms with Crippen LogP contribution in [-0.4, -0.2) is 40.0 Å². The Morgan fingerprint density at radius 2 is 2.14 bits per heavy atom. The molecule has 0 aliphatic heterocycles. The number of imidazole rings is 1. The molecule has 0 unspecified atom stereocenters. The molecule has 0 amide bonds. The Labute approximate surface area is 148 Å². The lowest BCUT2D eigenvalue weighted by Gasteiger charge is -2.16. The lowest BCUT2D eigenvalue weighted by atomic mass is 10.3. The average Bonchev–Trinajstić information content (AvgIpc) is 3.27. The van der Waals surface area contributed by atoms with Crippen LogP contribution in [0.15, 0.2) is 29.3 Å². The molecule has 1 saturated carbocycles. The van der Waals surface area contributed by atoms with E-state index in [9.17, 15) is 0 Å². The number of nitrogens with zero attached hydrogens (tertiary/aromatic N) is 4. The summed E-state index contributed by atoms with van der Waals surface area (Å²) in [6.45, 7) is 3.74. The van der Waals surface area contributed by atoms with E-state index in [-0.39, 0.29) is 24.0 Å². The molecule has 5 nitrogen and oxygen atoms in total. The van der Waals surface area contributed by atoms with Crippen molar-refractivity contribution in [1.29, 1.82) is 0 Å². The Hall–Kier alpha value is -1.31. The summed E-state index contributed by atoms with van der Waals surface area (Å²) in [7, 11) is 2.03. The van der Waals surface area contributed by atoms with E-state index in [4.69, 9.17) is 5.73 Å². The number of aliphatic imine (C=N–C) groups is 1. The molecule has 1 aromatic carbocycles. The van der Waals surface area contributed by atoms with Gasteiger partial charge < -0.3 is 15.2 Å². The van der Waals surface area contributed by atoms with Gasteiger partial charge in [0.25, 0.3) is 0 Å². The number of hydrogen-bond acceptors (Lipinski definition) is 2. The van der Waals surface area contributed by atoms with Crippen LogP contribution < -0.4 is 5.73 Å². The van der Waals surface area contributed by atoms with E-state index in [0.717, 1.165) is 30.9 Å². The molecule has 2 N–H and O–H groups in total. The number of para-hydroxylation sites is 2. The number of guanidine groups is 1. The van der Waals surface area contributed by atoms with Crippen molar-refractivity contribution in [2.24, 2.45) is 10.7 Å². The molecule has 0 bridgehead atoms. The van der Waals surface area contributed by atoms with E-state index in [1.54, 1.807) is 0 Å². The number of rotatable bonds is 5. The van der Waals surface area contributed by atoms with Gasteiger partial charge in [0.05, 0.1) is 11.0 Å². The van der Waals surface area contributed by atoms with Crippen LogP contribution in [0.2, 0.25) is 0 Å². The van der Waals surface area contributed by atoms with E-state index in [1.807, 2.05) is 13.1 Å². The summed E-state index contributed by atoms with van der Waals surface area (Å²) in [6.07, 6.45) is 3.46. The second kappa shape index (κ2) is 7.30. The van der Waals surface area contributed by atoms with Crippen molar-refractivity contribution in [2.45, 2.75) is 38.8 Å². The van der Waals surface area contributed by atoms with Crippen molar-refractivity contribution in [3.05, 3.63) is 30.1 Å². The fourth-order valence-corrected chi connectivity index (χ4v) is 2.66. The second-order valence-electron chi connectivity index (χ2n) is 5.73. The molecule has 0 radical (unpaired) electrons. The first-order valence-corrected chi connectivity index (χ1v) is 7.61. The molecule has 1 aliphatic rings. The minimum absolute atomic E-state index is 0. The molecule has 0 saturated heterocycles. The number of benzene rings is 1. The maximum atomic E-state index is 5.99. The highest BCUT2D eigenvalue weighted by Crippen LogP contribution is 2.24. The average molecular weight is 413 g/mol. The van der Waals surface area contributed by atoms with Crippen molar-refractivity contribution in [3.8, 4) is 0 Å². The van der Waals surface area contributed by atoms with Gasteiger partial charge in [0.2, 0.25) is 0 Å².